The molecular formula is C20H27N3O4. The van der Waals surface area contributed by atoms with E-state index in [4.69, 9.17) is 0 Å². The smallest absolute Gasteiger partial charge is 0.328 e. The number of carbonyl (C=O) groups is 1. The molecule has 1 amide bonds. The number of aliphatic hydroxyl groups excluding tert-OH is 1. The first-order chi connectivity index (χ1) is 12.6. The number of hydrogen-bond donors (Lipinski definition) is 2. The molecule has 1 aromatic carbocycles. The molecule has 7 heteroatoms. The first-order valence-electron chi connectivity index (χ1n) is 9.37. The molecule has 2 heterocycles. The van der Waals surface area contributed by atoms with Gasteiger partial charge in [-0.05, 0) is 42.9 Å². The van der Waals surface area contributed by atoms with Gasteiger partial charge in [0.05, 0.1) is 17.0 Å². The number of aromatic amines is 1. The zero-order valence-corrected chi connectivity index (χ0v) is 16.3. The van der Waals surface area contributed by atoms with Gasteiger partial charge in [0.1, 0.15) is 0 Å². The second kappa shape index (κ2) is 6.96. The lowest BCUT2D eigenvalue weighted by molar-refractivity contribution is -0.0188. The van der Waals surface area contributed by atoms with Gasteiger partial charge in [-0.3, -0.25) is 14.2 Å². The summed E-state index contributed by atoms with van der Waals surface area (Å²) in [6.45, 7) is 9.16. The van der Waals surface area contributed by atoms with E-state index in [9.17, 15) is 19.5 Å². The highest BCUT2D eigenvalue weighted by Gasteiger charge is 2.37. The van der Waals surface area contributed by atoms with Crippen LogP contribution in [0.25, 0.3) is 10.9 Å². The zero-order chi connectivity index (χ0) is 19.9. The lowest BCUT2D eigenvalue weighted by Gasteiger charge is -2.42. The molecule has 2 atom stereocenters. The summed E-state index contributed by atoms with van der Waals surface area (Å²) in [6, 6.07) is 4.72. The molecule has 0 radical (unpaired) electrons. The molecule has 0 spiro atoms. The molecule has 0 aliphatic carbocycles. The van der Waals surface area contributed by atoms with Crippen molar-refractivity contribution in [2.75, 3.05) is 13.1 Å². The van der Waals surface area contributed by atoms with Gasteiger partial charge in [-0.25, -0.2) is 4.79 Å². The van der Waals surface area contributed by atoms with Crippen molar-refractivity contribution >= 4 is 16.8 Å². The summed E-state index contributed by atoms with van der Waals surface area (Å²) < 4.78 is 1.12. The van der Waals surface area contributed by atoms with Crippen LogP contribution in [0.4, 0.5) is 0 Å². The molecule has 1 aliphatic heterocycles. The van der Waals surface area contributed by atoms with Crippen LogP contribution in [0.15, 0.2) is 27.8 Å². The first-order valence-corrected chi connectivity index (χ1v) is 9.37. The number of aliphatic hydroxyl groups is 1. The normalized spacial score (nSPS) is 20.9. The maximum Gasteiger partial charge on any atom is 0.328 e. The number of H-pyrrole nitrogens is 1. The predicted molar refractivity (Wildman–Crippen MR) is 104 cm³/mol. The van der Waals surface area contributed by atoms with Crippen LogP contribution in [0.2, 0.25) is 0 Å². The van der Waals surface area contributed by atoms with Crippen molar-refractivity contribution in [2.24, 2.45) is 11.3 Å². The Labute approximate surface area is 157 Å². The molecule has 0 bridgehead atoms. The van der Waals surface area contributed by atoms with Crippen molar-refractivity contribution in [1.82, 2.24) is 14.5 Å². The molecule has 1 aromatic heterocycles. The van der Waals surface area contributed by atoms with E-state index in [2.05, 4.69) is 25.8 Å². The van der Waals surface area contributed by atoms with Crippen molar-refractivity contribution in [3.63, 3.8) is 0 Å². The zero-order valence-electron chi connectivity index (χ0n) is 16.3. The molecule has 27 heavy (non-hydrogen) atoms. The van der Waals surface area contributed by atoms with Gasteiger partial charge in [0.15, 0.2) is 0 Å². The van der Waals surface area contributed by atoms with Gasteiger partial charge in [0.2, 0.25) is 0 Å². The second-order valence-electron chi connectivity index (χ2n) is 8.32. The monoisotopic (exact) mass is 373 g/mol. The van der Waals surface area contributed by atoms with Crippen molar-refractivity contribution < 1.29 is 9.90 Å². The number of piperidine rings is 1. The number of nitrogens with zero attached hydrogens (tertiary/aromatic N) is 2. The van der Waals surface area contributed by atoms with Crippen molar-refractivity contribution in [3.8, 4) is 0 Å². The van der Waals surface area contributed by atoms with Crippen LogP contribution in [-0.4, -0.2) is 44.7 Å². The highest BCUT2D eigenvalue weighted by Crippen LogP contribution is 2.34. The maximum absolute atomic E-state index is 12.9. The molecule has 2 N–H and O–H groups in total. The molecular weight excluding hydrogens is 346 g/mol. The summed E-state index contributed by atoms with van der Waals surface area (Å²) in [5, 5.41) is 10.9. The Morgan fingerprint density at radius 3 is 2.59 bits per heavy atom. The van der Waals surface area contributed by atoms with Crippen LogP contribution in [0.5, 0.6) is 0 Å². The van der Waals surface area contributed by atoms with Gasteiger partial charge in [-0.2, -0.15) is 0 Å². The molecule has 3 rings (SSSR count). The molecule has 1 fully saturated rings. The van der Waals surface area contributed by atoms with Crippen LogP contribution in [-0.2, 0) is 6.54 Å². The van der Waals surface area contributed by atoms with Crippen LogP contribution in [0.1, 0.15) is 44.5 Å². The number of rotatable bonds is 2. The highest BCUT2D eigenvalue weighted by atomic mass is 16.3. The van der Waals surface area contributed by atoms with Crippen LogP contribution in [0, 0.1) is 11.3 Å². The minimum Gasteiger partial charge on any atom is -0.391 e. The van der Waals surface area contributed by atoms with E-state index in [-0.39, 0.29) is 35.9 Å². The predicted octanol–water partition coefficient (Wildman–Crippen LogP) is 1.58. The number of aromatic nitrogens is 2. The molecule has 0 unspecified atom stereocenters. The number of benzene rings is 1. The summed E-state index contributed by atoms with van der Waals surface area (Å²) in [4.78, 5) is 41.6. The SMILES string of the molecule is CCn1c(=O)[nH]c2cc(C(=O)N3CC[C@@H](C(C)(C)C)[C@H](O)C3)ccc2c1=O. The summed E-state index contributed by atoms with van der Waals surface area (Å²) >= 11 is 0. The van der Waals surface area contributed by atoms with Gasteiger partial charge in [0.25, 0.3) is 11.5 Å². The van der Waals surface area contributed by atoms with E-state index in [1.54, 1.807) is 30.0 Å². The van der Waals surface area contributed by atoms with Gasteiger partial charge < -0.3 is 15.0 Å². The molecule has 1 aliphatic rings. The van der Waals surface area contributed by atoms with Crippen LogP contribution in [0.3, 0.4) is 0 Å². The standard InChI is InChI=1S/C20H27N3O4/c1-5-23-18(26)13-7-6-12(10-15(13)21-19(23)27)17(25)22-9-8-14(16(24)11-22)20(2,3)4/h6-7,10,14,16,24H,5,8-9,11H2,1-4H3,(H,21,27)/t14-,16-/m1/s1. The number of likely N-dealkylation sites (tertiary alicyclic amines) is 1. The third-order valence-electron chi connectivity index (χ3n) is 5.53. The molecule has 0 saturated carbocycles. The first kappa shape index (κ1) is 19.4. The van der Waals surface area contributed by atoms with Crippen molar-refractivity contribution in [3.05, 3.63) is 44.6 Å². The number of nitrogens with one attached hydrogen (secondary N) is 1. The third-order valence-corrected chi connectivity index (χ3v) is 5.53. The lowest BCUT2D eigenvalue weighted by Crippen LogP contribution is -2.50. The summed E-state index contributed by atoms with van der Waals surface area (Å²) in [5.41, 5.74) is -0.118. The molecule has 1 saturated heterocycles. The topological polar surface area (TPSA) is 95.4 Å². The largest absolute Gasteiger partial charge is 0.391 e. The Morgan fingerprint density at radius 1 is 1.30 bits per heavy atom. The Kier molecular flexibility index (Phi) is 4.99. The van der Waals surface area contributed by atoms with Crippen LogP contribution >= 0.6 is 0 Å². The second-order valence-corrected chi connectivity index (χ2v) is 8.32. The Morgan fingerprint density at radius 2 is 2.00 bits per heavy atom. The molecule has 7 nitrogen and oxygen atoms in total. The number of β-amino-alcohol motifs (C(OH)–C–C–N with tert-alkyl or cyclic N) is 1. The summed E-state index contributed by atoms with van der Waals surface area (Å²) in [7, 11) is 0. The maximum atomic E-state index is 12.9. The quantitative estimate of drug-likeness (QED) is 0.835. The van der Waals surface area contributed by atoms with Gasteiger partial charge in [0, 0.05) is 25.2 Å². The number of carbonyl (C=O) groups excluding carboxylic acids is 1. The van der Waals surface area contributed by atoms with E-state index < -0.39 is 11.8 Å². The van der Waals surface area contributed by atoms with E-state index in [0.29, 0.717) is 23.0 Å². The van der Waals surface area contributed by atoms with Crippen molar-refractivity contribution in [1.29, 1.82) is 0 Å². The fourth-order valence-electron chi connectivity index (χ4n) is 3.98. The molecule has 146 valence electrons. The van der Waals surface area contributed by atoms with Gasteiger partial charge in [-0.1, -0.05) is 20.8 Å². The number of hydrogen-bond acceptors (Lipinski definition) is 4. The van der Waals surface area contributed by atoms with E-state index in [1.807, 2.05) is 0 Å². The van der Waals surface area contributed by atoms with Crippen LogP contribution < -0.4 is 11.2 Å². The summed E-state index contributed by atoms with van der Waals surface area (Å²) in [5.74, 6) is -0.0640. The molecule has 2 aromatic rings. The Balaban J connectivity index is 1.89. The fraction of sp³-hybridized carbons (Fsp3) is 0.550. The number of fused-ring (bicyclic) bond motifs is 1. The summed E-state index contributed by atoms with van der Waals surface area (Å²) in [6.07, 6.45) is 0.168. The fourth-order valence-corrected chi connectivity index (χ4v) is 3.98. The van der Waals surface area contributed by atoms with Gasteiger partial charge >= 0.3 is 5.69 Å². The minimum absolute atomic E-state index is 0.0177. The average molecular weight is 373 g/mol. The Bertz CT molecular complexity index is 983. The minimum atomic E-state index is -0.570. The number of amides is 1. The Hall–Kier alpha value is -2.41. The van der Waals surface area contributed by atoms with Crippen molar-refractivity contribution in [2.45, 2.75) is 46.8 Å². The van der Waals surface area contributed by atoms with E-state index in [1.165, 1.54) is 0 Å². The third kappa shape index (κ3) is 3.56. The van der Waals surface area contributed by atoms with E-state index >= 15 is 0 Å². The van der Waals surface area contributed by atoms with E-state index in [0.717, 1.165) is 11.0 Å². The average Bonchev–Trinajstić information content (AvgIpc) is 2.59. The highest BCUT2D eigenvalue weighted by molar-refractivity contribution is 5.97. The van der Waals surface area contributed by atoms with Gasteiger partial charge in [-0.15, -0.1) is 0 Å². The lowest BCUT2D eigenvalue weighted by atomic mass is 9.73.